The first-order valence-electron chi connectivity index (χ1n) is 9.88. The number of aryl methyl sites for hydroxylation is 2. The molecule has 0 spiro atoms. The van der Waals surface area contributed by atoms with Crippen LogP contribution in [-0.4, -0.2) is 59.1 Å². The smallest absolute Gasteiger partial charge is 0.255 e. The van der Waals surface area contributed by atoms with Crippen LogP contribution in [-0.2, 0) is 0 Å². The number of anilines is 2. The van der Waals surface area contributed by atoms with Crippen molar-refractivity contribution in [3.8, 4) is 10.6 Å². The van der Waals surface area contributed by atoms with Gasteiger partial charge in [-0.3, -0.25) is 4.79 Å². The molecule has 1 unspecified atom stereocenters. The summed E-state index contributed by atoms with van der Waals surface area (Å²) >= 11 is 1.64. The zero-order valence-corrected chi connectivity index (χ0v) is 18.4. The van der Waals surface area contributed by atoms with E-state index in [0.717, 1.165) is 34.2 Å². The normalized spacial score (nSPS) is 16.0. The van der Waals surface area contributed by atoms with Gasteiger partial charge in [0, 0.05) is 45.6 Å². The lowest BCUT2D eigenvalue weighted by molar-refractivity contribution is 0.0940. The number of thiazole rings is 1. The van der Waals surface area contributed by atoms with Gasteiger partial charge in [0.15, 0.2) is 0 Å². The molecule has 0 bridgehead atoms. The first-order valence-corrected chi connectivity index (χ1v) is 10.7. The topological polar surface area (TPSA) is 87.1 Å². The summed E-state index contributed by atoms with van der Waals surface area (Å²) in [7, 11) is 3.76. The number of rotatable bonds is 5. The second-order valence-corrected chi connectivity index (χ2v) is 8.77. The second-order valence-electron chi connectivity index (χ2n) is 7.56. The Hall–Kier alpha value is -3.07. The van der Waals surface area contributed by atoms with Gasteiger partial charge in [0.05, 0.1) is 26.8 Å². The predicted molar refractivity (Wildman–Crippen MR) is 119 cm³/mol. The highest BCUT2D eigenvalue weighted by Gasteiger charge is 2.27. The Kier molecular flexibility index (Phi) is 5.63. The van der Waals surface area contributed by atoms with Gasteiger partial charge in [-0.05, 0) is 38.5 Å². The molecule has 1 N–H and O–H groups in total. The van der Waals surface area contributed by atoms with E-state index >= 15 is 0 Å². The van der Waals surface area contributed by atoms with Gasteiger partial charge in [0.2, 0.25) is 5.95 Å². The molecule has 3 aromatic rings. The summed E-state index contributed by atoms with van der Waals surface area (Å²) in [4.78, 5) is 35.9. The van der Waals surface area contributed by atoms with Crippen molar-refractivity contribution in [1.29, 1.82) is 0 Å². The van der Waals surface area contributed by atoms with E-state index in [0.29, 0.717) is 23.9 Å². The van der Waals surface area contributed by atoms with E-state index in [2.05, 4.69) is 25.2 Å². The van der Waals surface area contributed by atoms with E-state index in [1.54, 1.807) is 35.9 Å². The van der Waals surface area contributed by atoms with E-state index in [4.69, 9.17) is 4.98 Å². The Bertz CT molecular complexity index is 1070. The molecular weight excluding hydrogens is 398 g/mol. The Balaban J connectivity index is 1.46. The molecule has 1 aliphatic heterocycles. The molecular formula is C21H25N7OS. The highest BCUT2D eigenvalue weighted by Crippen LogP contribution is 2.29. The van der Waals surface area contributed by atoms with Gasteiger partial charge in [0.25, 0.3) is 5.91 Å². The summed E-state index contributed by atoms with van der Waals surface area (Å²) in [6, 6.07) is 5.54. The minimum Gasteiger partial charge on any atom is -0.362 e. The van der Waals surface area contributed by atoms with Crippen LogP contribution in [0.25, 0.3) is 10.6 Å². The van der Waals surface area contributed by atoms with Crippen LogP contribution in [0.2, 0.25) is 0 Å². The number of carbonyl (C=O) groups is 1. The highest BCUT2D eigenvalue weighted by molar-refractivity contribution is 7.15. The SMILES string of the molecule is Cc1nc(C)c(-c2ccnc(N3CCC(NC(=O)c4cccnc4N(C)C)C3)n2)s1. The van der Waals surface area contributed by atoms with Gasteiger partial charge < -0.3 is 15.1 Å². The summed E-state index contributed by atoms with van der Waals surface area (Å²) < 4.78 is 0. The minimum atomic E-state index is -0.107. The molecule has 30 heavy (non-hydrogen) atoms. The van der Waals surface area contributed by atoms with Gasteiger partial charge >= 0.3 is 0 Å². The van der Waals surface area contributed by atoms with E-state index < -0.39 is 0 Å². The summed E-state index contributed by atoms with van der Waals surface area (Å²) in [6.45, 7) is 5.47. The fourth-order valence-corrected chi connectivity index (χ4v) is 4.54. The maximum absolute atomic E-state index is 12.8. The van der Waals surface area contributed by atoms with E-state index in [1.807, 2.05) is 38.9 Å². The number of hydrogen-bond donors (Lipinski definition) is 1. The highest BCUT2D eigenvalue weighted by atomic mass is 32.1. The van der Waals surface area contributed by atoms with Gasteiger partial charge in [-0.1, -0.05) is 0 Å². The number of nitrogens with one attached hydrogen (secondary N) is 1. The molecule has 1 aliphatic rings. The summed E-state index contributed by atoms with van der Waals surface area (Å²) in [6.07, 6.45) is 4.33. The van der Waals surface area contributed by atoms with Crippen LogP contribution in [0, 0.1) is 13.8 Å². The van der Waals surface area contributed by atoms with Crippen LogP contribution in [0.15, 0.2) is 30.6 Å². The van der Waals surface area contributed by atoms with Crippen LogP contribution >= 0.6 is 11.3 Å². The minimum absolute atomic E-state index is 0.0346. The lowest BCUT2D eigenvalue weighted by Gasteiger charge is -2.19. The number of pyridine rings is 1. The maximum Gasteiger partial charge on any atom is 0.255 e. The molecule has 1 fully saturated rings. The van der Waals surface area contributed by atoms with E-state index in [1.165, 1.54) is 0 Å². The standard InChI is InChI=1S/C21H25N7OS/c1-13-18(30-14(2)24-13)17-7-10-23-21(26-17)28-11-8-15(12-28)25-20(29)16-6-5-9-22-19(16)27(3)4/h5-7,9-10,15H,8,11-12H2,1-4H3,(H,25,29). The van der Waals surface area contributed by atoms with Crippen molar-refractivity contribution in [3.05, 3.63) is 46.9 Å². The first kappa shape index (κ1) is 20.2. The number of hydrogen-bond acceptors (Lipinski definition) is 8. The van der Waals surface area contributed by atoms with Crippen molar-refractivity contribution < 1.29 is 4.79 Å². The third-order valence-electron chi connectivity index (χ3n) is 5.04. The Morgan fingerprint density at radius 2 is 2.03 bits per heavy atom. The van der Waals surface area contributed by atoms with Crippen LogP contribution in [0.1, 0.15) is 27.5 Å². The van der Waals surface area contributed by atoms with Crippen LogP contribution in [0.3, 0.4) is 0 Å². The molecule has 8 nitrogen and oxygen atoms in total. The zero-order valence-electron chi connectivity index (χ0n) is 17.6. The molecule has 4 heterocycles. The largest absolute Gasteiger partial charge is 0.362 e. The van der Waals surface area contributed by atoms with Crippen molar-refractivity contribution in [2.45, 2.75) is 26.3 Å². The Labute approximate surface area is 180 Å². The molecule has 0 radical (unpaired) electrons. The average Bonchev–Trinajstić information content (AvgIpc) is 3.33. The fourth-order valence-electron chi connectivity index (χ4n) is 3.65. The van der Waals surface area contributed by atoms with E-state index in [9.17, 15) is 4.79 Å². The molecule has 3 aromatic heterocycles. The van der Waals surface area contributed by atoms with Crippen molar-refractivity contribution in [2.75, 3.05) is 37.0 Å². The lowest BCUT2D eigenvalue weighted by atomic mass is 10.2. The lowest BCUT2D eigenvalue weighted by Crippen LogP contribution is -2.38. The third kappa shape index (κ3) is 4.11. The Morgan fingerprint density at radius 3 is 2.77 bits per heavy atom. The number of nitrogens with zero attached hydrogens (tertiary/aromatic N) is 6. The Morgan fingerprint density at radius 1 is 1.20 bits per heavy atom. The van der Waals surface area contributed by atoms with Crippen LogP contribution in [0.4, 0.5) is 11.8 Å². The molecule has 1 saturated heterocycles. The van der Waals surface area contributed by atoms with Crippen molar-refractivity contribution in [1.82, 2.24) is 25.3 Å². The molecule has 0 aromatic carbocycles. The van der Waals surface area contributed by atoms with Crippen molar-refractivity contribution in [3.63, 3.8) is 0 Å². The average molecular weight is 424 g/mol. The molecule has 9 heteroatoms. The maximum atomic E-state index is 12.8. The van der Waals surface area contributed by atoms with Crippen LogP contribution in [0.5, 0.6) is 0 Å². The summed E-state index contributed by atoms with van der Waals surface area (Å²) in [5.41, 5.74) is 2.46. The second kappa shape index (κ2) is 8.35. The van der Waals surface area contributed by atoms with Gasteiger partial charge in [-0.2, -0.15) is 0 Å². The quantitative estimate of drug-likeness (QED) is 0.675. The predicted octanol–water partition coefficient (Wildman–Crippen LogP) is 2.69. The van der Waals surface area contributed by atoms with E-state index in [-0.39, 0.29) is 11.9 Å². The number of amides is 1. The number of aromatic nitrogens is 4. The monoisotopic (exact) mass is 423 g/mol. The number of carbonyl (C=O) groups excluding carboxylic acids is 1. The first-order chi connectivity index (χ1) is 14.4. The fraction of sp³-hybridized carbons (Fsp3) is 0.381. The van der Waals surface area contributed by atoms with Gasteiger partial charge in [-0.25, -0.2) is 19.9 Å². The summed E-state index contributed by atoms with van der Waals surface area (Å²) in [5, 5.41) is 4.17. The summed E-state index contributed by atoms with van der Waals surface area (Å²) in [5.74, 6) is 1.24. The molecule has 4 rings (SSSR count). The third-order valence-corrected chi connectivity index (χ3v) is 6.14. The van der Waals surface area contributed by atoms with Crippen molar-refractivity contribution in [2.24, 2.45) is 0 Å². The zero-order chi connectivity index (χ0) is 21.3. The van der Waals surface area contributed by atoms with Gasteiger partial charge in [-0.15, -0.1) is 11.3 Å². The van der Waals surface area contributed by atoms with Crippen LogP contribution < -0.4 is 15.1 Å². The van der Waals surface area contributed by atoms with Gasteiger partial charge in [0.1, 0.15) is 5.82 Å². The molecule has 0 saturated carbocycles. The van der Waals surface area contributed by atoms with Crippen molar-refractivity contribution >= 4 is 29.0 Å². The molecule has 1 amide bonds. The molecule has 1 atom stereocenters. The molecule has 156 valence electrons. The molecule has 0 aliphatic carbocycles.